The second-order valence-electron chi connectivity index (χ2n) is 10.7. The van der Waals surface area contributed by atoms with Gasteiger partial charge in [0.1, 0.15) is 18.9 Å². The van der Waals surface area contributed by atoms with Crippen LogP contribution >= 0.6 is 0 Å². The lowest BCUT2D eigenvalue weighted by molar-refractivity contribution is -0.757. The Balaban J connectivity index is 1.47. The monoisotopic (exact) mass is 736 g/mol. The SMILES string of the molecule is COc1ccccc1Oc1c(NS(=O)(=O)c2ccc(C)cn2)nc(-c2ccnc(-c3nn[nH]n3)c2)nc1OCCOC(=O)CCCCCO[N+](=O)[O-]. The number of carbonyl (C=O) groups excluding carboxylic acids is 1. The minimum absolute atomic E-state index is 0.0119. The second-order valence-corrected chi connectivity index (χ2v) is 12.3. The van der Waals surface area contributed by atoms with Crippen molar-refractivity contribution in [1.82, 2.24) is 40.6 Å². The first-order valence-electron chi connectivity index (χ1n) is 15.6. The van der Waals surface area contributed by atoms with Crippen molar-refractivity contribution in [3.05, 3.63) is 76.6 Å². The summed E-state index contributed by atoms with van der Waals surface area (Å²) in [6.07, 6.45) is 4.30. The van der Waals surface area contributed by atoms with Crippen molar-refractivity contribution in [1.29, 1.82) is 0 Å². The van der Waals surface area contributed by atoms with E-state index in [4.69, 9.17) is 18.9 Å². The molecule has 0 aliphatic carbocycles. The fourth-order valence-electron chi connectivity index (χ4n) is 4.44. The average molecular weight is 737 g/mol. The van der Waals surface area contributed by atoms with E-state index < -0.39 is 21.1 Å². The van der Waals surface area contributed by atoms with Crippen molar-refractivity contribution in [2.45, 2.75) is 37.6 Å². The zero-order valence-corrected chi connectivity index (χ0v) is 28.6. The third-order valence-corrected chi connectivity index (χ3v) is 8.16. The zero-order chi connectivity index (χ0) is 36.9. The molecule has 272 valence electrons. The summed E-state index contributed by atoms with van der Waals surface area (Å²) in [7, 11) is -2.91. The lowest BCUT2D eigenvalue weighted by atomic mass is 10.2. The van der Waals surface area contributed by atoms with E-state index in [9.17, 15) is 23.3 Å². The molecule has 0 atom stereocenters. The molecule has 21 heteroatoms. The van der Waals surface area contributed by atoms with Crippen LogP contribution in [0.15, 0.2) is 66.0 Å². The van der Waals surface area contributed by atoms with Crippen LogP contribution in [0.2, 0.25) is 0 Å². The number of hydrogen-bond acceptors (Lipinski definition) is 17. The number of esters is 1. The number of nitrogens with one attached hydrogen (secondary N) is 2. The number of nitrogens with zero attached hydrogens (tertiary/aromatic N) is 8. The summed E-state index contributed by atoms with van der Waals surface area (Å²) in [5, 5.41) is 22.9. The lowest BCUT2D eigenvalue weighted by Gasteiger charge is -2.18. The van der Waals surface area contributed by atoms with E-state index in [1.54, 1.807) is 49.4 Å². The van der Waals surface area contributed by atoms with Gasteiger partial charge in [-0.1, -0.05) is 24.6 Å². The normalized spacial score (nSPS) is 11.0. The highest BCUT2D eigenvalue weighted by atomic mass is 32.2. The Morgan fingerprint density at radius 1 is 0.981 bits per heavy atom. The molecule has 5 rings (SSSR count). The van der Waals surface area contributed by atoms with Crippen molar-refractivity contribution >= 4 is 21.8 Å². The fourth-order valence-corrected chi connectivity index (χ4v) is 5.38. The summed E-state index contributed by atoms with van der Waals surface area (Å²) in [5.41, 5.74) is 1.43. The summed E-state index contributed by atoms with van der Waals surface area (Å²) >= 11 is 0. The third-order valence-electron chi connectivity index (χ3n) is 6.91. The van der Waals surface area contributed by atoms with Crippen molar-refractivity contribution in [3.63, 3.8) is 0 Å². The molecule has 0 aliphatic heterocycles. The Bertz CT molecular complexity index is 2080. The van der Waals surface area contributed by atoms with Crippen LogP contribution in [0.4, 0.5) is 5.82 Å². The van der Waals surface area contributed by atoms with E-state index in [2.05, 4.69) is 50.1 Å². The van der Waals surface area contributed by atoms with E-state index in [1.807, 2.05) is 0 Å². The van der Waals surface area contributed by atoms with Gasteiger partial charge in [0, 0.05) is 24.4 Å². The molecule has 0 unspecified atom stereocenters. The molecular weight excluding hydrogens is 704 g/mol. The van der Waals surface area contributed by atoms with Crippen LogP contribution < -0.4 is 18.9 Å². The van der Waals surface area contributed by atoms with Crippen LogP contribution in [-0.4, -0.2) is 87.0 Å². The first-order chi connectivity index (χ1) is 25.1. The number of aromatic amines is 1. The Kier molecular flexibility index (Phi) is 12.3. The number of unbranched alkanes of at least 4 members (excludes halogenated alkanes) is 2. The van der Waals surface area contributed by atoms with Crippen LogP contribution in [0.5, 0.6) is 23.1 Å². The highest BCUT2D eigenvalue weighted by Crippen LogP contribution is 2.41. The van der Waals surface area contributed by atoms with Gasteiger partial charge in [-0.2, -0.15) is 18.6 Å². The molecule has 0 spiro atoms. The molecule has 2 N–H and O–H groups in total. The summed E-state index contributed by atoms with van der Waals surface area (Å²) in [5.74, 6) is -0.621. The highest BCUT2D eigenvalue weighted by Gasteiger charge is 2.26. The molecule has 0 saturated carbocycles. The van der Waals surface area contributed by atoms with Gasteiger partial charge in [0.2, 0.25) is 11.6 Å². The maximum atomic E-state index is 13.6. The minimum atomic E-state index is -4.35. The maximum Gasteiger partial charge on any atom is 0.305 e. The molecule has 5 aromatic rings. The number of benzene rings is 1. The van der Waals surface area contributed by atoms with Crippen molar-refractivity contribution < 1.29 is 42.1 Å². The number of ether oxygens (including phenoxy) is 4. The molecule has 0 amide bonds. The molecule has 1 aromatic carbocycles. The Labute approximate surface area is 296 Å². The number of aromatic nitrogens is 8. The summed E-state index contributed by atoms with van der Waals surface area (Å²) < 4.78 is 52.6. The van der Waals surface area contributed by atoms with E-state index in [-0.39, 0.29) is 66.1 Å². The predicted molar refractivity (Wildman–Crippen MR) is 179 cm³/mol. The number of hydrogen-bond donors (Lipinski definition) is 2. The number of pyridine rings is 2. The van der Waals surface area contributed by atoms with Crippen molar-refractivity contribution in [3.8, 4) is 46.0 Å². The molecule has 20 nitrogen and oxygen atoms in total. The van der Waals surface area contributed by atoms with Gasteiger partial charge < -0.3 is 23.8 Å². The van der Waals surface area contributed by atoms with Gasteiger partial charge in [0.15, 0.2) is 28.2 Å². The molecule has 0 bridgehead atoms. The van der Waals surface area contributed by atoms with E-state index in [0.717, 1.165) is 5.56 Å². The molecular formula is C31H32N10O10S. The number of rotatable bonds is 19. The van der Waals surface area contributed by atoms with Gasteiger partial charge >= 0.3 is 5.97 Å². The number of para-hydroxylation sites is 2. The summed E-state index contributed by atoms with van der Waals surface area (Å²) in [6, 6.07) is 12.7. The quantitative estimate of drug-likeness (QED) is 0.0530. The Morgan fingerprint density at radius 2 is 1.81 bits per heavy atom. The first-order valence-corrected chi connectivity index (χ1v) is 17.1. The van der Waals surface area contributed by atoms with Crippen LogP contribution in [0, 0.1) is 17.0 Å². The van der Waals surface area contributed by atoms with E-state index in [1.165, 1.54) is 25.6 Å². The topological polar surface area (TPSA) is 259 Å². The standard InChI is InChI=1S/C31H32N10O10S/c1-20-11-12-25(33-19-20)52(45,46)38-30-27(51-24-9-6-5-8-23(24)47-2)31(49-17-16-48-26(42)10-4-3-7-15-50-41(43)44)35-28(34-30)21-13-14-32-22(18-21)29-36-39-40-37-29/h5-6,8-9,11-14,18-19H,3-4,7,10,15-17H2,1-2H3,(H,34,35,38)(H,36,37,39,40). The largest absolute Gasteiger partial charge is 0.493 e. The summed E-state index contributed by atoms with van der Waals surface area (Å²) in [4.78, 5) is 44.2. The number of carbonyl (C=O) groups is 1. The van der Waals surface area contributed by atoms with Gasteiger partial charge in [-0.05, 0) is 60.9 Å². The van der Waals surface area contributed by atoms with Crippen molar-refractivity contribution in [2.75, 3.05) is 31.7 Å². The van der Waals surface area contributed by atoms with Gasteiger partial charge in [0.25, 0.3) is 21.0 Å². The van der Waals surface area contributed by atoms with E-state index >= 15 is 0 Å². The van der Waals surface area contributed by atoms with Gasteiger partial charge in [0.05, 0.1) is 13.7 Å². The second kappa shape index (κ2) is 17.4. The summed E-state index contributed by atoms with van der Waals surface area (Å²) in [6.45, 7) is 1.27. The third kappa shape index (κ3) is 10.0. The van der Waals surface area contributed by atoms with Crippen LogP contribution in [-0.2, 0) is 24.4 Å². The predicted octanol–water partition coefficient (Wildman–Crippen LogP) is 3.71. The average Bonchev–Trinajstić information content (AvgIpc) is 3.68. The number of aryl methyl sites for hydroxylation is 1. The molecule has 4 aromatic heterocycles. The molecule has 0 saturated heterocycles. The molecule has 0 fully saturated rings. The van der Waals surface area contributed by atoms with Crippen LogP contribution in [0.3, 0.4) is 0 Å². The minimum Gasteiger partial charge on any atom is -0.493 e. The fraction of sp³-hybridized carbons (Fsp3) is 0.290. The molecule has 4 heterocycles. The maximum absolute atomic E-state index is 13.6. The molecule has 52 heavy (non-hydrogen) atoms. The smallest absolute Gasteiger partial charge is 0.305 e. The number of anilines is 1. The van der Waals surface area contributed by atoms with Gasteiger partial charge in [-0.15, -0.1) is 20.3 Å². The number of H-pyrrole nitrogens is 1. The number of tetrazole rings is 1. The Hall–Kier alpha value is -6.51. The molecule has 0 radical (unpaired) electrons. The van der Waals surface area contributed by atoms with Crippen LogP contribution in [0.1, 0.15) is 31.2 Å². The van der Waals surface area contributed by atoms with E-state index in [0.29, 0.717) is 36.3 Å². The first kappa shape index (κ1) is 36.8. The van der Waals surface area contributed by atoms with Gasteiger partial charge in [-0.25, -0.2) is 9.97 Å². The molecule has 0 aliphatic rings. The van der Waals surface area contributed by atoms with Crippen LogP contribution in [0.25, 0.3) is 22.9 Å². The lowest BCUT2D eigenvalue weighted by Crippen LogP contribution is -2.18. The van der Waals surface area contributed by atoms with Gasteiger partial charge in [-0.3, -0.25) is 14.5 Å². The zero-order valence-electron chi connectivity index (χ0n) is 27.8. The highest BCUT2D eigenvalue weighted by molar-refractivity contribution is 7.92. The Morgan fingerprint density at radius 3 is 2.54 bits per heavy atom. The number of methoxy groups -OCH3 is 1. The van der Waals surface area contributed by atoms with Crippen molar-refractivity contribution in [2.24, 2.45) is 0 Å². The number of sulfonamides is 1.